The summed E-state index contributed by atoms with van der Waals surface area (Å²) < 4.78 is 13.0. The fourth-order valence-electron chi connectivity index (χ4n) is 1.81. The molecule has 3 N–H and O–H groups in total. The number of rotatable bonds is 3. The van der Waals surface area contributed by atoms with Crippen LogP contribution in [-0.4, -0.2) is 18.2 Å². The molecule has 2 nitrogen and oxygen atoms in total. The Morgan fingerprint density at radius 2 is 2.13 bits per heavy atom. The van der Waals surface area contributed by atoms with Crippen molar-refractivity contribution in [3.05, 3.63) is 36.0 Å². The van der Waals surface area contributed by atoms with E-state index in [1.165, 1.54) is 0 Å². The first-order chi connectivity index (χ1) is 7.21. The third kappa shape index (κ3) is 1.53. The monoisotopic (exact) mass is 206 g/mol. The highest BCUT2D eigenvalue weighted by atomic mass is 19.1. The average Bonchev–Trinajstić information content (AvgIpc) is 2.72. The predicted molar refractivity (Wildman–Crippen MR) is 60.7 cm³/mol. The zero-order valence-electron chi connectivity index (χ0n) is 8.76. The van der Waals surface area contributed by atoms with Gasteiger partial charge in [-0.25, -0.2) is 0 Å². The second kappa shape index (κ2) is 3.66. The molecule has 0 fully saturated rings. The molecular weight excluding hydrogens is 191 g/mol. The van der Waals surface area contributed by atoms with E-state index in [0.29, 0.717) is 6.54 Å². The molecule has 15 heavy (non-hydrogen) atoms. The lowest BCUT2D eigenvalue weighted by molar-refractivity contribution is 0.336. The predicted octanol–water partition coefficient (Wildman–Crippen LogP) is 2.35. The zero-order chi connectivity index (χ0) is 10.9. The quantitative estimate of drug-likeness (QED) is 0.795. The van der Waals surface area contributed by atoms with Crippen LogP contribution in [0, 0.1) is 0 Å². The van der Waals surface area contributed by atoms with Gasteiger partial charge in [0.15, 0.2) is 0 Å². The molecule has 0 aliphatic carbocycles. The lowest BCUT2D eigenvalue weighted by Crippen LogP contribution is -2.33. The van der Waals surface area contributed by atoms with Crippen LogP contribution in [-0.2, 0) is 5.41 Å². The summed E-state index contributed by atoms with van der Waals surface area (Å²) in [6.45, 7) is 1.72. The van der Waals surface area contributed by atoms with Crippen LogP contribution in [0.4, 0.5) is 4.39 Å². The van der Waals surface area contributed by atoms with Gasteiger partial charge in [-0.3, -0.25) is 4.39 Å². The van der Waals surface area contributed by atoms with Crippen LogP contribution in [0.2, 0.25) is 0 Å². The number of para-hydroxylation sites is 1. The van der Waals surface area contributed by atoms with Gasteiger partial charge in [-0.2, -0.15) is 0 Å². The minimum atomic E-state index is -0.584. The summed E-state index contributed by atoms with van der Waals surface area (Å²) in [7, 11) is 0. The molecule has 80 valence electrons. The molecule has 0 saturated heterocycles. The summed E-state index contributed by atoms with van der Waals surface area (Å²) in [6.07, 6.45) is 1.86. The molecule has 2 aromatic rings. The van der Waals surface area contributed by atoms with Gasteiger partial charge in [0.25, 0.3) is 0 Å². The van der Waals surface area contributed by atoms with E-state index in [1.54, 1.807) is 0 Å². The van der Waals surface area contributed by atoms with Gasteiger partial charge in [-0.05, 0) is 11.6 Å². The third-order valence-corrected chi connectivity index (χ3v) is 2.98. The molecule has 0 bridgehead atoms. The number of benzene rings is 1. The molecule has 0 saturated carbocycles. The normalized spacial score (nSPS) is 15.4. The standard InChI is InChI=1S/C12H15FN2/c1-12(7-13,8-14)10-6-15-11-5-3-2-4-9(10)11/h2-6,15H,7-8,14H2,1H3. The summed E-state index contributed by atoms with van der Waals surface area (Å²) in [4.78, 5) is 3.14. The van der Waals surface area contributed by atoms with Crippen molar-refractivity contribution in [1.29, 1.82) is 0 Å². The summed E-state index contributed by atoms with van der Waals surface area (Å²) in [5, 5.41) is 1.06. The van der Waals surface area contributed by atoms with Gasteiger partial charge in [0.1, 0.15) is 6.67 Å². The second-order valence-corrected chi connectivity index (χ2v) is 4.15. The SMILES string of the molecule is CC(CN)(CF)c1c[nH]c2ccccc12. The fraction of sp³-hybridized carbons (Fsp3) is 0.333. The molecule has 1 atom stereocenters. The molecular formula is C12H15FN2. The van der Waals surface area contributed by atoms with E-state index >= 15 is 0 Å². The number of nitrogens with one attached hydrogen (secondary N) is 1. The molecule has 0 amide bonds. The van der Waals surface area contributed by atoms with E-state index in [1.807, 2.05) is 37.4 Å². The van der Waals surface area contributed by atoms with E-state index in [2.05, 4.69) is 4.98 Å². The first kappa shape index (κ1) is 10.2. The molecule has 3 heteroatoms. The number of halogens is 1. The Balaban J connectivity index is 2.61. The van der Waals surface area contributed by atoms with E-state index in [4.69, 9.17) is 5.73 Å². The van der Waals surface area contributed by atoms with Crippen molar-refractivity contribution in [2.45, 2.75) is 12.3 Å². The van der Waals surface area contributed by atoms with Gasteiger partial charge in [0.2, 0.25) is 0 Å². The van der Waals surface area contributed by atoms with Crippen LogP contribution in [0.25, 0.3) is 10.9 Å². The van der Waals surface area contributed by atoms with Crippen molar-refractivity contribution in [3.8, 4) is 0 Å². The highest BCUT2D eigenvalue weighted by Gasteiger charge is 2.27. The van der Waals surface area contributed by atoms with Gasteiger partial charge in [-0.1, -0.05) is 25.1 Å². The van der Waals surface area contributed by atoms with Crippen LogP contribution < -0.4 is 5.73 Å². The van der Waals surface area contributed by atoms with Crippen molar-refractivity contribution in [2.75, 3.05) is 13.2 Å². The maximum atomic E-state index is 13.0. The second-order valence-electron chi connectivity index (χ2n) is 4.15. The average molecular weight is 206 g/mol. The topological polar surface area (TPSA) is 41.8 Å². The van der Waals surface area contributed by atoms with Gasteiger partial charge in [0.05, 0.1) is 0 Å². The Morgan fingerprint density at radius 1 is 1.40 bits per heavy atom. The van der Waals surface area contributed by atoms with Gasteiger partial charge in [0, 0.05) is 29.1 Å². The number of nitrogens with two attached hydrogens (primary N) is 1. The summed E-state index contributed by atoms with van der Waals surface area (Å²) in [5.74, 6) is 0. The first-order valence-corrected chi connectivity index (χ1v) is 5.04. The van der Waals surface area contributed by atoms with E-state index in [-0.39, 0.29) is 0 Å². The van der Waals surface area contributed by atoms with Crippen LogP contribution >= 0.6 is 0 Å². The van der Waals surface area contributed by atoms with E-state index in [9.17, 15) is 4.39 Å². The number of hydrogen-bond acceptors (Lipinski definition) is 1. The molecule has 0 aliphatic heterocycles. The van der Waals surface area contributed by atoms with Gasteiger partial charge < -0.3 is 10.7 Å². The zero-order valence-corrected chi connectivity index (χ0v) is 8.76. The molecule has 1 aromatic carbocycles. The minimum Gasteiger partial charge on any atom is -0.361 e. The number of hydrogen-bond donors (Lipinski definition) is 2. The summed E-state index contributed by atoms with van der Waals surface area (Å²) in [5.41, 5.74) is 7.05. The fourth-order valence-corrected chi connectivity index (χ4v) is 1.81. The largest absolute Gasteiger partial charge is 0.361 e. The number of alkyl halides is 1. The Morgan fingerprint density at radius 3 is 2.80 bits per heavy atom. The van der Waals surface area contributed by atoms with Crippen LogP contribution in [0.15, 0.2) is 30.5 Å². The number of aromatic amines is 1. The molecule has 1 unspecified atom stereocenters. The van der Waals surface area contributed by atoms with Crippen molar-refractivity contribution in [1.82, 2.24) is 4.98 Å². The highest BCUT2D eigenvalue weighted by molar-refractivity contribution is 5.84. The minimum absolute atomic E-state index is 0.311. The maximum Gasteiger partial charge on any atom is 0.100 e. The molecule has 0 aliphatic rings. The third-order valence-electron chi connectivity index (χ3n) is 2.98. The van der Waals surface area contributed by atoms with Crippen LogP contribution in [0.1, 0.15) is 12.5 Å². The summed E-state index contributed by atoms with van der Waals surface area (Å²) >= 11 is 0. The van der Waals surface area contributed by atoms with E-state index < -0.39 is 12.1 Å². The first-order valence-electron chi connectivity index (χ1n) is 5.04. The lowest BCUT2D eigenvalue weighted by atomic mass is 9.84. The van der Waals surface area contributed by atoms with Gasteiger partial charge >= 0.3 is 0 Å². The summed E-state index contributed by atoms with van der Waals surface area (Å²) in [6, 6.07) is 7.88. The Hall–Kier alpha value is -1.35. The Labute approximate surface area is 88.3 Å². The number of H-pyrrole nitrogens is 1. The Bertz CT molecular complexity index is 457. The smallest absolute Gasteiger partial charge is 0.100 e. The van der Waals surface area contributed by atoms with E-state index in [0.717, 1.165) is 16.5 Å². The van der Waals surface area contributed by atoms with Crippen LogP contribution in [0.5, 0.6) is 0 Å². The van der Waals surface area contributed by atoms with Crippen molar-refractivity contribution >= 4 is 10.9 Å². The molecule has 2 rings (SSSR count). The molecule has 0 spiro atoms. The van der Waals surface area contributed by atoms with Gasteiger partial charge in [-0.15, -0.1) is 0 Å². The maximum absolute atomic E-state index is 13.0. The Kier molecular flexibility index (Phi) is 2.49. The number of aromatic nitrogens is 1. The highest BCUT2D eigenvalue weighted by Crippen LogP contribution is 2.30. The van der Waals surface area contributed by atoms with Crippen molar-refractivity contribution < 1.29 is 4.39 Å². The molecule has 1 heterocycles. The number of fused-ring (bicyclic) bond motifs is 1. The molecule has 1 aromatic heterocycles. The molecule has 0 radical (unpaired) electrons. The lowest BCUT2D eigenvalue weighted by Gasteiger charge is -2.23. The van der Waals surface area contributed by atoms with Crippen molar-refractivity contribution in [2.24, 2.45) is 5.73 Å². The van der Waals surface area contributed by atoms with Crippen LogP contribution in [0.3, 0.4) is 0 Å². The van der Waals surface area contributed by atoms with Crippen molar-refractivity contribution in [3.63, 3.8) is 0 Å².